The SMILES string of the molecule is COc1cccc2c1CC[C@H]2Nc1nccc2cc(-c3c4c(nc(CC5COc6cc(F)ccc65)c3-c3n[nH]c(=O)o3)[C@@H]3CCCN3C4=O)sc12. The Morgan fingerprint density at radius 2 is 2.02 bits per heavy atom. The summed E-state index contributed by atoms with van der Waals surface area (Å²) in [4.78, 5) is 39.4. The van der Waals surface area contributed by atoms with Gasteiger partial charge in [-0.3, -0.25) is 9.78 Å². The number of fused-ring (bicyclic) bond motifs is 6. The molecule has 256 valence electrons. The van der Waals surface area contributed by atoms with Crippen LogP contribution in [0.3, 0.4) is 0 Å². The van der Waals surface area contributed by atoms with E-state index in [2.05, 4.69) is 27.6 Å². The number of methoxy groups -OCH3 is 1. The number of pyridine rings is 2. The van der Waals surface area contributed by atoms with Crippen molar-refractivity contribution in [3.63, 3.8) is 0 Å². The van der Waals surface area contributed by atoms with E-state index in [1.807, 2.05) is 23.1 Å². The third kappa shape index (κ3) is 4.70. The molecule has 1 aliphatic carbocycles. The van der Waals surface area contributed by atoms with Gasteiger partial charge in [-0.2, -0.15) is 0 Å². The van der Waals surface area contributed by atoms with Crippen LogP contribution in [-0.4, -0.2) is 51.2 Å². The first-order valence-corrected chi connectivity index (χ1v) is 17.9. The quantitative estimate of drug-likeness (QED) is 0.181. The number of carbonyl (C=O) groups excluding carboxylic acids is 1. The Morgan fingerprint density at radius 3 is 2.88 bits per heavy atom. The number of thiophene rings is 1. The summed E-state index contributed by atoms with van der Waals surface area (Å²) in [6, 6.07) is 14.7. The van der Waals surface area contributed by atoms with Gasteiger partial charge in [0.25, 0.3) is 11.8 Å². The molecule has 51 heavy (non-hydrogen) atoms. The minimum absolute atomic E-state index is 0.0585. The highest BCUT2D eigenvalue weighted by atomic mass is 32.1. The first-order valence-electron chi connectivity index (χ1n) is 17.1. The second-order valence-corrected chi connectivity index (χ2v) is 14.5. The van der Waals surface area contributed by atoms with Crippen molar-refractivity contribution in [2.75, 3.05) is 25.6 Å². The minimum atomic E-state index is -0.708. The fourth-order valence-electron chi connectivity index (χ4n) is 8.48. The Kier molecular flexibility index (Phi) is 6.82. The summed E-state index contributed by atoms with van der Waals surface area (Å²) >= 11 is 1.53. The molecule has 3 aliphatic heterocycles. The van der Waals surface area contributed by atoms with Crippen LogP contribution < -0.4 is 20.5 Å². The van der Waals surface area contributed by atoms with Crippen LogP contribution in [0.5, 0.6) is 11.5 Å². The van der Waals surface area contributed by atoms with E-state index < -0.39 is 5.76 Å². The van der Waals surface area contributed by atoms with E-state index in [-0.39, 0.29) is 35.6 Å². The molecule has 7 heterocycles. The van der Waals surface area contributed by atoms with E-state index in [1.54, 1.807) is 19.4 Å². The van der Waals surface area contributed by atoms with Gasteiger partial charge in [-0.05, 0) is 66.5 Å². The van der Waals surface area contributed by atoms with Crippen molar-refractivity contribution in [3.05, 3.63) is 105 Å². The number of halogens is 1. The lowest BCUT2D eigenvalue weighted by atomic mass is 9.89. The van der Waals surface area contributed by atoms with E-state index in [9.17, 15) is 14.0 Å². The number of carbonyl (C=O) groups is 1. The largest absolute Gasteiger partial charge is 0.496 e. The number of nitrogens with zero attached hydrogens (tertiary/aromatic N) is 4. The summed E-state index contributed by atoms with van der Waals surface area (Å²) in [7, 11) is 1.70. The molecule has 3 atom stereocenters. The topological polar surface area (TPSA) is 135 Å². The van der Waals surface area contributed by atoms with Crippen LogP contribution in [0.2, 0.25) is 0 Å². The van der Waals surface area contributed by atoms with Crippen LogP contribution in [-0.2, 0) is 12.8 Å². The van der Waals surface area contributed by atoms with E-state index in [1.165, 1.54) is 34.6 Å². The van der Waals surface area contributed by atoms with E-state index >= 15 is 0 Å². The van der Waals surface area contributed by atoms with Crippen molar-refractivity contribution in [2.45, 2.75) is 50.1 Å². The Balaban J connectivity index is 1.15. The number of nitrogens with one attached hydrogen (secondary N) is 2. The molecule has 2 aromatic carbocycles. The van der Waals surface area contributed by atoms with Gasteiger partial charge < -0.3 is 24.1 Å². The number of rotatable bonds is 7. The number of H-pyrrole nitrogens is 1. The summed E-state index contributed by atoms with van der Waals surface area (Å²) in [6.45, 7) is 0.986. The van der Waals surface area contributed by atoms with Crippen molar-refractivity contribution in [1.82, 2.24) is 25.1 Å². The summed E-state index contributed by atoms with van der Waals surface area (Å²) in [6.07, 6.45) is 5.71. The highest BCUT2D eigenvalue weighted by Gasteiger charge is 2.45. The molecule has 1 amide bonds. The van der Waals surface area contributed by atoms with Crippen molar-refractivity contribution in [1.29, 1.82) is 0 Å². The Bertz CT molecular complexity index is 2470. The highest BCUT2D eigenvalue weighted by molar-refractivity contribution is 7.23. The zero-order chi connectivity index (χ0) is 34.4. The molecule has 13 heteroatoms. The van der Waals surface area contributed by atoms with E-state index in [0.29, 0.717) is 47.7 Å². The summed E-state index contributed by atoms with van der Waals surface area (Å²) in [5, 5.41) is 11.4. The molecule has 4 aromatic heterocycles. The molecule has 1 saturated heterocycles. The number of hydrogen-bond donors (Lipinski definition) is 2. The third-order valence-corrected chi connectivity index (χ3v) is 11.9. The molecule has 11 nitrogen and oxygen atoms in total. The van der Waals surface area contributed by atoms with Crippen LogP contribution in [0.4, 0.5) is 10.2 Å². The molecule has 1 unspecified atom stereocenters. The van der Waals surface area contributed by atoms with Gasteiger partial charge in [-0.15, -0.1) is 16.4 Å². The van der Waals surface area contributed by atoms with Crippen LogP contribution in [0, 0.1) is 5.82 Å². The van der Waals surface area contributed by atoms with Crippen molar-refractivity contribution in [3.8, 4) is 33.4 Å². The first kappa shape index (κ1) is 30.3. The normalized spacial score (nSPS) is 20.0. The number of aromatic nitrogens is 4. The lowest BCUT2D eigenvalue weighted by Gasteiger charge is -2.18. The molecule has 2 N–H and O–H groups in total. The van der Waals surface area contributed by atoms with Gasteiger partial charge in [-0.1, -0.05) is 18.2 Å². The fraction of sp³-hybridized carbons (Fsp3) is 0.289. The number of aromatic amines is 1. The molecule has 4 aliphatic rings. The molecule has 0 spiro atoms. The fourth-order valence-corrected chi connectivity index (χ4v) is 9.65. The summed E-state index contributed by atoms with van der Waals surface area (Å²) in [5.74, 6) is 0.909. The molecule has 0 bridgehead atoms. The Hall–Kier alpha value is -5.56. The third-order valence-electron chi connectivity index (χ3n) is 10.7. The van der Waals surface area contributed by atoms with Crippen LogP contribution in [0.25, 0.3) is 32.0 Å². The molecular weight excluding hydrogens is 672 g/mol. The Morgan fingerprint density at radius 1 is 1.10 bits per heavy atom. The molecular formula is C38H31FN6O5S. The van der Waals surface area contributed by atoms with E-state index in [0.717, 1.165) is 63.5 Å². The van der Waals surface area contributed by atoms with Crippen molar-refractivity contribution >= 4 is 33.1 Å². The number of anilines is 1. The first-order chi connectivity index (χ1) is 24.9. The maximum atomic E-state index is 14.3. The van der Waals surface area contributed by atoms with Gasteiger partial charge in [0.15, 0.2) is 0 Å². The molecule has 0 saturated carbocycles. The predicted octanol–water partition coefficient (Wildman–Crippen LogP) is 6.96. The smallest absolute Gasteiger partial charge is 0.434 e. The van der Waals surface area contributed by atoms with Gasteiger partial charge in [0.2, 0.25) is 0 Å². The Labute approximate surface area is 294 Å². The number of amides is 1. The van der Waals surface area contributed by atoms with Gasteiger partial charge in [0.1, 0.15) is 23.1 Å². The molecule has 10 rings (SSSR count). The van der Waals surface area contributed by atoms with Gasteiger partial charge in [0, 0.05) is 47.2 Å². The summed E-state index contributed by atoms with van der Waals surface area (Å²) in [5.41, 5.74) is 6.30. The average Bonchev–Trinajstić information content (AvgIpc) is 3.99. The summed E-state index contributed by atoms with van der Waals surface area (Å²) < 4.78 is 32.2. The van der Waals surface area contributed by atoms with Crippen LogP contribution in [0.15, 0.2) is 63.9 Å². The zero-order valence-corrected chi connectivity index (χ0v) is 28.3. The van der Waals surface area contributed by atoms with Gasteiger partial charge >= 0.3 is 5.76 Å². The number of benzene rings is 2. The zero-order valence-electron chi connectivity index (χ0n) is 27.5. The highest BCUT2D eigenvalue weighted by Crippen LogP contribution is 2.51. The number of ether oxygens (including phenoxy) is 2. The van der Waals surface area contributed by atoms with Crippen molar-refractivity contribution in [2.24, 2.45) is 0 Å². The lowest BCUT2D eigenvalue weighted by Crippen LogP contribution is -2.22. The van der Waals surface area contributed by atoms with Crippen LogP contribution in [0.1, 0.15) is 75.7 Å². The second kappa shape index (κ2) is 11.5. The second-order valence-electron chi connectivity index (χ2n) is 13.5. The monoisotopic (exact) mass is 702 g/mol. The minimum Gasteiger partial charge on any atom is -0.496 e. The van der Waals surface area contributed by atoms with Crippen LogP contribution >= 0.6 is 11.3 Å². The molecule has 6 aromatic rings. The average molecular weight is 703 g/mol. The molecule has 1 fully saturated rings. The van der Waals surface area contributed by atoms with Crippen molar-refractivity contribution < 1.29 is 23.1 Å². The van der Waals surface area contributed by atoms with Gasteiger partial charge in [0.05, 0.1) is 53.0 Å². The van der Waals surface area contributed by atoms with Gasteiger partial charge in [-0.25, -0.2) is 19.3 Å². The number of hydrogen-bond acceptors (Lipinski definition) is 10. The van der Waals surface area contributed by atoms with E-state index in [4.69, 9.17) is 23.9 Å². The lowest BCUT2D eigenvalue weighted by molar-refractivity contribution is 0.0776. The standard InChI is InChI=1S/C38H31FN6O5S/c1-48-27-6-2-4-22-23(27)9-10-24(22)42-35-34-18(11-12-40-35)15-29(51-34)31-30(36-43-44-38(47)50-36)25(14-19-17-49-28-16-20(39)7-8-21(19)28)41-33-26-5-3-13-45(26)37(46)32(31)33/h2,4,6-8,11-12,15-16,19,24,26H,3,5,9-10,13-14,17H2,1H3,(H,40,42)(H,44,47)/t19?,24-,26+/m1/s1. The maximum Gasteiger partial charge on any atom is 0.434 e. The predicted molar refractivity (Wildman–Crippen MR) is 188 cm³/mol. The maximum absolute atomic E-state index is 14.3. The molecule has 0 radical (unpaired) electrons.